The highest BCUT2D eigenvalue weighted by atomic mass is 16.5. The molecular weight excluding hydrogens is 322 g/mol. The lowest BCUT2D eigenvalue weighted by atomic mass is 9.98. The molecule has 0 unspecified atom stereocenters. The molecule has 2 heterocycles. The van der Waals surface area contributed by atoms with Crippen LogP contribution in [0.25, 0.3) is 0 Å². The van der Waals surface area contributed by atoms with E-state index >= 15 is 0 Å². The summed E-state index contributed by atoms with van der Waals surface area (Å²) in [5.74, 6) is -1.13. The topological polar surface area (TPSA) is 84.7 Å². The lowest BCUT2D eigenvalue weighted by molar-refractivity contribution is -0.140. The van der Waals surface area contributed by atoms with Crippen LogP contribution in [-0.4, -0.2) is 57.5 Å². The molecule has 1 aliphatic rings. The van der Waals surface area contributed by atoms with Gasteiger partial charge in [0.05, 0.1) is 18.2 Å². The second-order valence-electron chi connectivity index (χ2n) is 6.94. The van der Waals surface area contributed by atoms with Crippen LogP contribution in [0.3, 0.4) is 0 Å². The van der Waals surface area contributed by atoms with E-state index in [0.717, 1.165) is 36.4 Å². The first kappa shape index (κ1) is 19.4. The van der Waals surface area contributed by atoms with Crippen molar-refractivity contribution in [2.24, 2.45) is 13.0 Å². The van der Waals surface area contributed by atoms with Gasteiger partial charge in [-0.1, -0.05) is 6.92 Å². The van der Waals surface area contributed by atoms with Gasteiger partial charge in [0.2, 0.25) is 5.91 Å². The molecule has 7 heteroatoms. The van der Waals surface area contributed by atoms with Crippen LogP contribution in [0, 0.1) is 19.8 Å². The van der Waals surface area contributed by atoms with Crippen LogP contribution in [-0.2, 0) is 27.8 Å². The highest BCUT2D eigenvalue weighted by Gasteiger charge is 2.27. The molecule has 1 saturated heterocycles. The van der Waals surface area contributed by atoms with E-state index < -0.39 is 5.97 Å². The summed E-state index contributed by atoms with van der Waals surface area (Å²) in [5, 5.41) is 13.4. The predicted molar refractivity (Wildman–Crippen MR) is 93.4 cm³/mol. The van der Waals surface area contributed by atoms with E-state index in [1.807, 2.05) is 32.5 Å². The first-order chi connectivity index (χ1) is 11.8. The molecule has 1 aromatic heterocycles. The number of carboxylic acids is 1. The van der Waals surface area contributed by atoms with Gasteiger partial charge in [0, 0.05) is 38.4 Å². The third-order valence-corrected chi connectivity index (χ3v) is 4.95. The zero-order chi connectivity index (χ0) is 18.6. The molecule has 2 rings (SSSR count). The Morgan fingerprint density at radius 2 is 2.16 bits per heavy atom. The first-order valence-corrected chi connectivity index (χ1v) is 8.90. The van der Waals surface area contributed by atoms with Gasteiger partial charge in [0.25, 0.3) is 0 Å². The molecule has 0 bridgehead atoms. The molecule has 140 valence electrons. The van der Waals surface area contributed by atoms with Crippen LogP contribution in [0.1, 0.15) is 43.1 Å². The van der Waals surface area contributed by atoms with Gasteiger partial charge in [0.15, 0.2) is 0 Å². The standard InChI is InChI=1S/C18H29N3O4/c1-12(10-16-13(2)19-20(4)14(16)3)18(24)21(8-7-17(22)23)11-15-6-5-9-25-15/h12,15H,5-11H2,1-4H3,(H,22,23)/t12-,15+/m0/s1. The Hall–Kier alpha value is -1.89. The van der Waals surface area contributed by atoms with Crippen LogP contribution in [0.15, 0.2) is 0 Å². The van der Waals surface area contributed by atoms with Crippen molar-refractivity contribution in [2.45, 2.75) is 52.6 Å². The molecule has 1 fully saturated rings. The van der Waals surface area contributed by atoms with Gasteiger partial charge >= 0.3 is 5.97 Å². The van der Waals surface area contributed by atoms with Gasteiger partial charge in [-0.3, -0.25) is 14.3 Å². The quantitative estimate of drug-likeness (QED) is 0.770. The Bertz CT molecular complexity index is 620. The number of carbonyl (C=O) groups is 2. The van der Waals surface area contributed by atoms with E-state index in [-0.39, 0.29) is 30.9 Å². The van der Waals surface area contributed by atoms with E-state index in [4.69, 9.17) is 9.84 Å². The number of nitrogens with zero attached hydrogens (tertiary/aromatic N) is 3. The van der Waals surface area contributed by atoms with Crippen LogP contribution in [0.4, 0.5) is 0 Å². The number of ether oxygens (including phenoxy) is 1. The van der Waals surface area contributed by atoms with Crippen LogP contribution in [0.5, 0.6) is 0 Å². The van der Waals surface area contributed by atoms with E-state index in [1.165, 1.54) is 0 Å². The normalized spacial score (nSPS) is 18.3. The summed E-state index contributed by atoms with van der Waals surface area (Å²) in [6, 6.07) is 0. The van der Waals surface area contributed by atoms with Crippen molar-refractivity contribution in [3.8, 4) is 0 Å². The summed E-state index contributed by atoms with van der Waals surface area (Å²) in [5.41, 5.74) is 3.10. The molecule has 1 aromatic rings. The van der Waals surface area contributed by atoms with Crippen molar-refractivity contribution in [1.29, 1.82) is 0 Å². The number of aryl methyl sites for hydroxylation is 2. The monoisotopic (exact) mass is 351 g/mol. The third kappa shape index (κ3) is 5.04. The molecule has 0 radical (unpaired) electrons. The first-order valence-electron chi connectivity index (χ1n) is 8.90. The second-order valence-corrected chi connectivity index (χ2v) is 6.94. The van der Waals surface area contributed by atoms with Crippen LogP contribution >= 0.6 is 0 Å². The fourth-order valence-electron chi connectivity index (χ4n) is 3.37. The maximum absolute atomic E-state index is 12.9. The number of rotatable bonds is 8. The molecule has 1 N–H and O–H groups in total. The number of aliphatic carboxylic acids is 1. The molecule has 1 amide bonds. The Kier molecular flexibility index (Phi) is 6.58. The summed E-state index contributed by atoms with van der Waals surface area (Å²) < 4.78 is 7.46. The van der Waals surface area contributed by atoms with Gasteiger partial charge in [-0.15, -0.1) is 0 Å². The van der Waals surface area contributed by atoms with E-state index in [1.54, 1.807) is 4.90 Å². The number of carbonyl (C=O) groups excluding carboxylic acids is 1. The van der Waals surface area contributed by atoms with Crippen molar-refractivity contribution < 1.29 is 19.4 Å². The molecule has 0 aliphatic carbocycles. The molecular formula is C18H29N3O4. The van der Waals surface area contributed by atoms with Gasteiger partial charge in [-0.05, 0) is 38.7 Å². The Balaban J connectivity index is 2.05. The zero-order valence-corrected chi connectivity index (χ0v) is 15.6. The minimum atomic E-state index is -0.892. The maximum atomic E-state index is 12.9. The molecule has 1 aliphatic heterocycles. The van der Waals surface area contributed by atoms with Gasteiger partial charge in [-0.25, -0.2) is 0 Å². The molecule has 2 atom stereocenters. The SMILES string of the molecule is Cc1nn(C)c(C)c1C[C@H](C)C(=O)N(CCC(=O)O)C[C@H]1CCCO1. The highest BCUT2D eigenvalue weighted by molar-refractivity contribution is 5.79. The average Bonchev–Trinajstić information content (AvgIpc) is 3.14. The summed E-state index contributed by atoms with van der Waals surface area (Å²) in [6.07, 6.45) is 2.50. The lowest BCUT2D eigenvalue weighted by Crippen LogP contribution is -2.42. The number of carboxylic acid groups (broad SMARTS) is 1. The number of amides is 1. The van der Waals surface area contributed by atoms with Crippen LogP contribution in [0.2, 0.25) is 0 Å². The van der Waals surface area contributed by atoms with Gasteiger partial charge < -0.3 is 14.7 Å². The van der Waals surface area contributed by atoms with Crippen molar-refractivity contribution in [2.75, 3.05) is 19.7 Å². The van der Waals surface area contributed by atoms with Crippen molar-refractivity contribution in [3.63, 3.8) is 0 Å². The third-order valence-electron chi connectivity index (χ3n) is 4.95. The summed E-state index contributed by atoms with van der Waals surface area (Å²) in [7, 11) is 1.90. The Labute approximate surface area is 148 Å². The number of hydrogen-bond acceptors (Lipinski definition) is 4. The lowest BCUT2D eigenvalue weighted by Gasteiger charge is -2.27. The average molecular weight is 351 g/mol. The fourth-order valence-corrected chi connectivity index (χ4v) is 3.37. The van der Waals surface area contributed by atoms with Gasteiger partial charge in [-0.2, -0.15) is 5.10 Å². The van der Waals surface area contributed by atoms with E-state index in [0.29, 0.717) is 13.0 Å². The number of aromatic nitrogens is 2. The van der Waals surface area contributed by atoms with E-state index in [2.05, 4.69) is 5.10 Å². The van der Waals surface area contributed by atoms with Crippen molar-refractivity contribution >= 4 is 11.9 Å². The second kappa shape index (κ2) is 8.47. The minimum Gasteiger partial charge on any atom is -0.481 e. The molecule has 25 heavy (non-hydrogen) atoms. The Morgan fingerprint density at radius 1 is 1.44 bits per heavy atom. The maximum Gasteiger partial charge on any atom is 0.305 e. The molecule has 0 saturated carbocycles. The Morgan fingerprint density at radius 3 is 2.68 bits per heavy atom. The smallest absolute Gasteiger partial charge is 0.305 e. The molecule has 0 aromatic carbocycles. The summed E-state index contributed by atoms with van der Waals surface area (Å²) in [4.78, 5) is 25.5. The molecule has 7 nitrogen and oxygen atoms in total. The fraction of sp³-hybridized carbons (Fsp3) is 0.722. The molecule has 0 spiro atoms. The van der Waals surface area contributed by atoms with E-state index in [9.17, 15) is 9.59 Å². The number of hydrogen-bond donors (Lipinski definition) is 1. The van der Waals surface area contributed by atoms with Gasteiger partial charge in [0.1, 0.15) is 0 Å². The predicted octanol–water partition coefficient (Wildman–Crippen LogP) is 1.70. The summed E-state index contributed by atoms with van der Waals surface area (Å²) in [6.45, 7) is 7.27. The largest absolute Gasteiger partial charge is 0.481 e. The van der Waals surface area contributed by atoms with Crippen molar-refractivity contribution in [1.82, 2.24) is 14.7 Å². The van der Waals surface area contributed by atoms with Crippen molar-refractivity contribution in [3.05, 3.63) is 17.0 Å². The van der Waals surface area contributed by atoms with Crippen LogP contribution < -0.4 is 0 Å². The zero-order valence-electron chi connectivity index (χ0n) is 15.6. The minimum absolute atomic E-state index is 0.0144. The summed E-state index contributed by atoms with van der Waals surface area (Å²) >= 11 is 0. The highest BCUT2D eigenvalue weighted by Crippen LogP contribution is 2.20.